The Morgan fingerprint density at radius 3 is 1.39 bits per heavy atom. The molecule has 0 fully saturated rings. The molecule has 0 aliphatic carbocycles. The normalized spacial score (nSPS) is 9.09. The number of carbonyl (C=O) groups excluding carboxylic acids is 4. The number of rotatable bonds is 5. The average molecular weight is 314 g/mol. The number of para-hydroxylation sites is 2. The van der Waals surface area contributed by atoms with E-state index >= 15 is 0 Å². The van der Waals surface area contributed by atoms with E-state index in [4.69, 9.17) is 9.84 Å². The summed E-state index contributed by atoms with van der Waals surface area (Å²) in [5.41, 5.74) is 1.05. The van der Waals surface area contributed by atoms with Crippen molar-refractivity contribution in [2.75, 3.05) is 7.11 Å². The summed E-state index contributed by atoms with van der Waals surface area (Å²) < 4.78 is 4.90. The van der Waals surface area contributed by atoms with Gasteiger partial charge in [-0.2, -0.15) is 0 Å². The van der Waals surface area contributed by atoms with Crippen LogP contribution in [0.5, 0.6) is 11.5 Å². The molecular weight excluding hydrogens is 300 g/mol. The molecule has 0 aliphatic rings. The van der Waals surface area contributed by atoms with Gasteiger partial charge in [0.25, 0.3) is 0 Å². The fraction of sp³-hybridized carbons (Fsp3) is 0.0588. The highest BCUT2D eigenvalue weighted by Gasteiger charge is 2.06. The number of hydrogen-bond donors (Lipinski definition) is 1. The van der Waals surface area contributed by atoms with Gasteiger partial charge in [-0.15, -0.1) is 0 Å². The molecular formula is C17H14O6. The summed E-state index contributed by atoms with van der Waals surface area (Å²) >= 11 is 0. The highest BCUT2D eigenvalue weighted by Crippen LogP contribution is 2.20. The van der Waals surface area contributed by atoms with E-state index in [0.717, 1.165) is 0 Å². The summed E-state index contributed by atoms with van der Waals surface area (Å²) in [7, 11) is 1.43. The summed E-state index contributed by atoms with van der Waals surface area (Å²) in [5.74, 6) is 0.0833. The number of aldehydes is 4. The van der Waals surface area contributed by atoms with Crippen molar-refractivity contribution in [1.29, 1.82) is 0 Å². The van der Waals surface area contributed by atoms with E-state index < -0.39 is 0 Å². The Kier molecular flexibility index (Phi) is 6.87. The summed E-state index contributed by atoms with van der Waals surface area (Å²) in [6.45, 7) is 0. The maximum absolute atomic E-state index is 10.5. The summed E-state index contributed by atoms with van der Waals surface area (Å²) in [4.78, 5) is 41.4. The second kappa shape index (κ2) is 8.89. The molecule has 0 amide bonds. The number of hydrogen-bond acceptors (Lipinski definition) is 6. The molecule has 1 N–H and O–H groups in total. The van der Waals surface area contributed by atoms with E-state index in [1.807, 2.05) is 0 Å². The lowest BCUT2D eigenvalue weighted by atomic mass is 10.1. The average Bonchev–Trinajstić information content (AvgIpc) is 2.61. The molecule has 0 heterocycles. The van der Waals surface area contributed by atoms with E-state index in [1.54, 1.807) is 18.2 Å². The van der Waals surface area contributed by atoms with Crippen molar-refractivity contribution in [2.45, 2.75) is 0 Å². The van der Waals surface area contributed by atoms with Crippen molar-refractivity contribution in [3.63, 3.8) is 0 Å². The molecule has 2 aromatic carbocycles. The van der Waals surface area contributed by atoms with Crippen LogP contribution in [0.15, 0.2) is 36.4 Å². The smallest absolute Gasteiger partial charge is 0.153 e. The predicted octanol–water partition coefficient (Wildman–Crippen LogP) is 2.34. The van der Waals surface area contributed by atoms with Crippen LogP contribution in [0.4, 0.5) is 0 Å². The molecule has 0 saturated carbocycles. The number of carbonyl (C=O) groups is 4. The van der Waals surface area contributed by atoms with E-state index in [-0.39, 0.29) is 16.9 Å². The summed E-state index contributed by atoms with van der Waals surface area (Å²) in [6, 6.07) is 9.24. The zero-order valence-corrected chi connectivity index (χ0v) is 12.3. The molecule has 0 spiro atoms. The van der Waals surface area contributed by atoms with Gasteiger partial charge in [-0.25, -0.2) is 0 Å². The first-order valence-electron chi connectivity index (χ1n) is 6.42. The van der Waals surface area contributed by atoms with E-state index in [0.29, 0.717) is 42.0 Å². The van der Waals surface area contributed by atoms with Crippen molar-refractivity contribution in [3.8, 4) is 11.5 Å². The van der Waals surface area contributed by atoms with Crippen molar-refractivity contribution < 1.29 is 29.0 Å². The third-order valence-electron chi connectivity index (χ3n) is 2.89. The van der Waals surface area contributed by atoms with Gasteiger partial charge in [-0.1, -0.05) is 12.1 Å². The van der Waals surface area contributed by atoms with Crippen molar-refractivity contribution in [2.24, 2.45) is 0 Å². The Hall–Kier alpha value is -3.28. The zero-order chi connectivity index (χ0) is 17.2. The lowest BCUT2D eigenvalue weighted by Gasteiger charge is -2.04. The van der Waals surface area contributed by atoms with E-state index in [2.05, 4.69) is 0 Å². The minimum atomic E-state index is -0.252. The Bertz CT molecular complexity index is 669. The third kappa shape index (κ3) is 4.34. The lowest BCUT2D eigenvalue weighted by molar-refractivity contribution is 0.110. The van der Waals surface area contributed by atoms with Gasteiger partial charge < -0.3 is 9.84 Å². The largest absolute Gasteiger partial charge is 0.506 e. The van der Waals surface area contributed by atoms with Crippen molar-refractivity contribution in [1.82, 2.24) is 0 Å². The Morgan fingerprint density at radius 1 is 0.739 bits per heavy atom. The van der Waals surface area contributed by atoms with Crippen LogP contribution in [0.1, 0.15) is 41.4 Å². The molecule has 0 bridgehead atoms. The van der Waals surface area contributed by atoms with Gasteiger partial charge >= 0.3 is 0 Å². The molecule has 0 aliphatic heterocycles. The maximum Gasteiger partial charge on any atom is 0.153 e. The van der Waals surface area contributed by atoms with Gasteiger partial charge in [0.15, 0.2) is 25.1 Å². The number of methoxy groups -OCH3 is 1. The molecule has 0 radical (unpaired) electrons. The van der Waals surface area contributed by atoms with Crippen LogP contribution in [0.25, 0.3) is 0 Å². The molecule has 0 unspecified atom stereocenters. The molecule has 0 atom stereocenters. The number of phenols is 1. The van der Waals surface area contributed by atoms with Gasteiger partial charge in [-0.05, 0) is 24.3 Å². The fourth-order valence-corrected chi connectivity index (χ4v) is 1.76. The quantitative estimate of drug-likeness (QED) is 0.851. The molecule has 2 rings (SSSR count). The van der Waals surface area contributed by atoms with Crippen LogP contribution >= 0.6 is 0 Å². The zero-order valence-electron chi connectivity index (χ0n) is 12.3. The first kappa shape index (κ1) is 17.8. The highest BCUT2D eigenvalue weighted by molar-refractivity contribution is 5.88. The van der Waals surface area contributed by atoms with Crippen LogP contribution < -0.4 is 4.74 Å². The molecule has 2 aromatic rings. The fourth-order valence-electron chi connectivity index (χ4n) is 1.76. The van der Waals surface area contributed by atoms with Gasteiger partial charge in [-0.3, -0.25) is 19.2 Å². The van der Waals surface area contributed by atoms with Gasteiger partial charge in [0, 0.05) is 0 Å². The summed E-state index contributed by atoms with van der Waals surface area (Å²) in [6.07, 6.45) is 2.32. The third-order valence-corrected chi connectivity index (χ3v) is 2.89. The summed E-state index contributed by atoms with van der Waals surface area (Å²) in [5, 5.41) is 9.13. The first-order chi connectivity index (χ1) is 11.1. The maximum atomic E-state index is 10.5. The monoisotopic (exact) mass is 314 g/mol. The number of phenolic OH excluding ortho intramolecular Hbond substituents is 1. The SMILES string of the molecule is COc1c(C=O)cccc1C=O.O=Cc1cccc(C=O)c1O. The molecule has 6 heteroatoms. The lowest BCUT2D eigenvalue weighted by Crippen LogP contribution is -1.94. The number of benzene rings is 2. The second-order valence-electron chi connectivity index (χ2n) is 4.23. The number of aromatic hydroxyl groups is 1. The molecule has 118 valence electrons. The van der Waals surface area contributed by atoms with Gasteiger partial charge in [0.1, 0.15) is 11.5 Å². The van der Waals surface area contributed by atoms with Crippen LogP contribution in [-0.4, -0.2) is 37.4 Å². The first-order valence-corrected chi connectivity index (χ1v) is 6.42. The second-order valence-corrected chi connectivity index (χ2v) is 4.23. The predicted molar refractivity (Wildman–Crippen MR) is 82.7 cm³/mol. The van der Waals surface area contributed by atoms with E-state index in [9.17, 15) is 19.2 Å². The number of ether oxygens (including phenoxy) is 1. The van der Waals surface area contributed by atoms with Crippen LogP contribution in [0.3, 0.4) is 0 Å². The van der Waals surface area contributed by atoms with Crippen LogP contribution in [-0.2, 0) is 0 Å². The van der Waals surface area contributed by atoms with E-state index in [1.165, 1.54) is 25.3 Å². The standard InChI is InChI=1S/C9H8O3.C8H6O3/c1-12-9-7(5-10)3-2-4-8(9)6-11;9-4-6-2-1-3-7(5-10)8(6)11/h2-6H,1H3;1-5,11H. The minimum absolute atomic E-state index is 0.134. The van der Waals surface area contributed by atoms with Crippen molar-refractivity contribution in [3.05, 3.63) is 58.7 Å². The Morgan fingerprint density at radius 2 is 1.09 bits per heavy atom. The van der Waals surface area contributed by atoms with Crippen LogP contribution in [0, 0.1) is 0 Å². The molecule has 6 nitrogen and oxygen atoms in total. The molecule has 0 saturated heterocycles. The molecule has 23 heavy (non-hydrogen) atoms. The topological polar surface area (TPSA) is 97.7 Å². The van der Waals surface area contributed by atoms with Crippen molar-refractivity contribution >= 4 is 25.1 Å². The molecule has 0 aromatic heterocycles. The Labute approximate surface area is 132 Å². The van der Waals surface area contributed by atoms with Gasteiger partial charge in [0.05, 0.1) is 29.4 Å². The van der Waals surface area contributed by atoms with Crippen LogP contribution in [0.2, 0.25) is 0 Å². The highest BCUT2D eigenvalue weighted by atomic mass is 16.5. The van der Waals surface area contributed by atoms with Gasteiger partial charge in [0.2, 0.25) is 0 Å². The Balaban J connectivity index is 0.000000231. The minimum Gasteiger partial charge on any atom is -0.506 e.